The zero-order valence-corrected chi connectivity index (χ0v) is 11.7. The third-order valence-corrected chi connectivity index (χ3v) is 3.70. The quantitative estimate of drug-likeness (QED) is 0.333. The summed E-state index contributed by atoms with van der Waals surface area (Å²) >= 11 is 1.56. The number of carbonyl (C=O) groups excluding carboxylic acids is 1. The van der Waals surface area contributed by atoms with Gasteiger partial charge in [-0.1, -0.05) is 0 Å². The number of anilines is 1. The molecular formula is C13H18FN3OS. The van der Waals surface area contributed by atoms with E-state index in [0.717, 1.165) is 5.75 Å². The Kier molecular flexibility index (Phi) is 5.98. The van der Waals surface area contributed by atoms with Crippen molar-refractivity contribution in [3.05, 3.63) is 29.6 Å². The van der Waals surface area contributed by atoms with Crippen molar-refractivity contribution in [3.8, 4) is 0 Å². The third-order valence-electron chi connectivity index (χ3n) is 2.97. The van der Waals surface area contributed by atoms with Crippen LogP contribution in [0.5, 0.6) is 0 Å². The topological polar surface area (TPSA) is 67.5 Å². The van der Waals surface area contributed by atoms with E-state index in [-0.39, 0.29) is 5.82 Å². The number of aliphatic imine (C=N–C) groups is 1. The highest BCUT2D eigenvalue weighted by Crippen LogP contribution is 2.33. The summed E-state index contributed by atoms with van der Waals surface area (Å²) in [7, 11) is 0. The monoisotopic (exact) mass is 283 g/mol. The molecule has 0 heterocycles. The van der Waals surface area contributed by atoms with Crippen molar-refractivity contribution in [1.82, 2.24) is 0 Å². The maximum atomic E-state index is 14.0. The lowest BCUT2D eigenvalue weighted by Crippen LogP contribution is -2.22. The SMILES string of the molecule is C=NC(C)(CCSCN)c1cc(NC=O)ccc1F. The zero-order valence-electron chi connectivity index (χ0n) is 10.9. The summed E-state index contributed by atoms with van der Waals surface area (Å²) in [5, 5.41) is 2.50. The fourth-order valence-electron chi connectivity index (χ4n) is 1.75. The minimum atomic E-state index is -0.729. The lowest BCUT2D eigenvalue weighted by molar-refractivity contribution is -0.105. The summed E-state index contributed by atoms with van der Waals surface area (Å²) < 4.78 is 14.0. The minimum Gasteiger partial charge on any atom is -0.329 e. The first-order chi connectivity index (χ1) is 9.07. The molecule has 6 heteroatoms. The minimum absolute atomic E-state index is 0.357. The number of hydrogen-bond acceptors (Lipinski definition) is 4. The highest BCUT2D eigenvalue weighted by molar-refractivity contribution is 7.99. The van der Waals surface area contributed by atoms with Gasteiger partial charge in [-0.15, -0.1) is 11.8 Å². The van der Waals surface area contributed by atoms with Crippen molar-refractivity contribution in [3.63, 3.8) is 0 Å². The van der Waals surface area contributed by atoms with E-state index in [4.69, 9.17) is 5.73 Å². The van der Waals surface area contributed by atoms with Crippen LogP contribution in [0.2, 0.25) is 0 Å². The van der Waals surface area contributed by atoms with Gasteiger partial charge < -0.3 is 11.1 Å². The molecule has 0 aliphatic heterocycles. The number of thioether (sulfide) groups is 1. The first kappa shape index (κ1) is 15.7. The lowest BCUT2D eigenvalue weighted by atomic mass is 9.89. The first-order valence-electron chi connectivity index (χ1n) is 5.83. The van der Waals surface area contributed by atoms with E-state index in [2.05, 4.69) is 17.0 Å². The molecule has 0 fully saturated rings. The smallest absolute Gasteiger partial charge is 0.211 e. The highest BCUT2D eigenvalue weighted by Gasteiger charge is 2.27. The number of nitrogens with zero attached hydrogens (tertiary/aromatic N) is 1. The fraction of sp³-hybridized carbons (Fsp3) is 0.385. The molecular weight excluding hydrogens is 265 g/mol. The van der Waals surface area contributed by atoms with E-state index in [1.807, 2.05) is 6.92 Å². The lowest BCUT2D eigenvalue weighted by Gasteiger charge is -2.26. The molecule has 0 aliphatic carbocycles. The number of amides is 1. The van der Waals surface area contributed by atoms with Gasteiger partial charge in [0.2, 0.25) is 6.41 Å². The van der Waals surface area contributed by atoms with Crippen molar-refractivity contribution in [2.75, 3.05) is 16.9 Å². The molecule has 0 radical (unpaired) electrons. The van der Waals surface area contributed by atoms with Gasteiger partial charge in [0, 0.05) is 17.1 Å². The molecule has 0 spiro atoms. The zero-order chi connectivity index (χ0) is 14.3. The number of carbonyl (C=O) groups is 1. The van der Waals surface area contributed by atoms with Gasteiger partial charge in [-0.2, -0.15) is 0 Å². The van der Waals surface area contributed by atoms with E-state index in [1.54, 1.807) is 17.8 Å². The summed E-state index contributed by atoms with van der Waals surface area (Å²) in [5.74, 6) is 0.920. The molecule has 1 aromatic carbocycles. The molecule has 1 rings (SSSR count). The second kappa shape index (κ2) is 7.25. The molecule has 3 N–H and O–H groups in total. The Hall–Kier alpha value is -1.40. The second-order valence-corrected chi connectivity index (χ2v) is 5.36. The normalized spacial score (nSPS) is 13.6. The van der Waals surface area contributed by atoms with Crippen LogP contribution in [0.3, 0.4) is 0 Å². The molecule has 0 saturated carbocycles. The Balaban J connectivity index is 3.04. The summed E-state index contributed by atoms with van der Waals surface area (Å²) in [5.41, 5.74) is 5.65. The fourth-order valence-corrected chi connectivity index (χ4v) is 2.46. The van der Waals surface area contributed by atoms with Gasteiger partial charge in [0.1, 0.15) is 5.82 Å². The summed E-state index contributed by atoms with van der Waals surface area (Å²) in [6.07, 6.45) is 1.18. The van der Waals surface area contributed by atoms with Gasteiger partial charge in [-0.05, 0) is 44.0 Å². The number of nitrogens with one attached hydrogen (secondary N) is 1. The Bertz CT molecular complexity index is 456. The van der Waals surface area contributed by atoms with Gasteiger partial charge in [-0.3, -0.25) is 9.79 Å². The van der Waals surface area contributed by atoms with Gasteiger partial charge >= 0.3 is 0 Å². The van der Waals surface area contributed by atoms with E-state index >= 15 is 0 Å². The van der Waals surface area contributed by atoms with Crippen LogP contribution in [-0.2, 0) is 10.3 Å². The van der Waals surface area contributed by atoms with Crippen molar-refractivity contribution in [1.29, 1.82) is 0 Å². The van der Waals surface area contributed by atoms with Crippen LogP contribution in [0, 0.1) is 5.82 Å². The number of halogens is 1. The second-order valence-electron chi connectivity index (χ2n) is 4.21. The van der Waals surface area contributed by atoms with Gasteiger partial charge in [0.25, 0.3) is 0 Å². The summed E-state index contributed by atoms with van der Waals surface area (Å²) in [4.78, 5) is 14.5. The number of benzene rings is 1. The summed E-state index contributed by atoms with van der Waals surface area (Å²) in [6, 6.07) is 4.41. The first-order valence-corrected chi connectivity index (χ1v) is 6.99. The molecule has 1 atom stereocenters. The van der Waals surface area contributed by atoms with Crippen molar-refractivity contribution in [2.45, 2.75) is 18.9 Å². The summed E-state index contributed by atoms with van der Waals surface area (Å²) in [6.45, 7) is 5.38. The maximum absolute atomic E-state index is 14.0. The standard InChI is InChI=1S/C13H18FN3OS/c1-13(16-2,5-6-19-8-15)11-7-10(17-9-18)3-4-12(11)14/h3-4,7,9H,2,5-6,8,15H2,1H3,(H,17,18). The van der Waals surface area contributed by atoms with Crippen molar-refractivity contribution < 1.29 is 9.18 Å². The molecule has 4 nitrogen and oxygen atoms in total. The molecule has 0 aromatic heterocycles. The highest BCUT2D eigenvalue weighted by atomic mass is 32.2. The van der Waals surface area contributed by atoms with Crippen LogP contribution in [0.1, 0.15) is 18.9 Å². The number of hydrogen-bond donors (Lipinski definition) is 2. The van der Waals surface area contributed by atoms with E-state index < -0.39 is 5.54 Å². The Morgan fingerprint density at radius 1 is 1.63 bits per heavy atom. The molecule has 0 aliphatic rings. The van der Waals surface area contributed by atoms with Crippen LogP contribution in [0.25, 0.3) is 0 Å². The van der Waals surface area contributed by atoms with E-state index in [0.29, 0.717) is 30.0 Å². The number of nitrogens with two attached hydrogens (primary N) is 1. The molecule has 0 bridgehead atoms. The van der Waals surface area contributed by atoms with Crippen LogP contribution >= 0.6 is 11.8 Å². The Labute approximate surface area is 116 Å². The van der Waals surface area contributed by atoms with Crippen LogP contribution in [-0.4, -0.2) is 24.8 Å². The van der Waals surface area contributed by atoms with Gasteiger partial charge in [0.05, 0.1) is 5.54 Å². The largest absolute Gasteiger partial charge is 0.329 e. The van der Waals surface area contributed by atoms with E-state index in [1.165, 1.54) is 12.1 Å². The number of rotatable bonds is 8. The van der Waals surface area contributed by atoms with Crippen molar-refractivity contribution in [2.24, 2.45) is 10.7 Å². The molecule has 1 amide bonds. The molecule has 104 valence electrons. The van der Waals surface area contributed by atoms with Gasteiger partial charge in [-0.25, -0.2) is 4.39 Å². The Morgan fingerprint density at radius 2 is 2.37 bits per heavy atom. The molecule has 0 saturated heterocycles. The molecule has 1 aromatic rings. The average Bonchev–Trinajstić information content (AvgIpc) is 2.41. The van der Waals surface area contributed by atoms with Gasteiger partial charge in [0.15, 0.2) is 0 Å². The predicted molar refractivity (Wildman–Crippen MR) is 79.1 cm³/mol. The third kappa shape index (κ3) is 4.04. The maximum Gasteiger partial charge on any atom is 0.211 e. The predicted octanol–water partition coefficient (Wildman–Crippen LogP) is 2.35. The van der Waals surface area contributed by atoms with Crippen molar-refractivity contribution >= 4 is 30.6 Å². The molecule has 19 heavy (non-hydrogen) atoms. The average molecular weight is 283 g/mol. The van der Waals surface area contributed by atoms with E-state index in [9.17, 15) is 9.18 Å². The van der Waals surface area contributed by atoms with Crippen LogP contribution in [0.15, 0.2) is 23.2 Å². The van der Waals surface area contributed by atoms with Crippen LogP contribution in [0.4, 0.5) is 10.1 Å². The van der Waals surface area contributed by atoms with Crippen LogP contribution < -0.4 is 11.1 Å². The Morgan fingerprint density at radius 3 is 2.95 bits per heavy atom. The molecule has 1 unspecified atom stereocenters.